The molecular weight excluding hydrogens is 576 g/mol. The summed E-state index contributed by atoms with van der Waals surface area (Å²) in [6.07, 6.45) is 8.20. The van der Waals surface area contributed by atoms with Gasteiger partial charge < -0.3 is 19.7 Å². The van der Waals surface area contributed by atoms with Crippen molar-refractivity contribution in [2.75, 3.05) is 13.2 Å². The van der Waals surface area contributed by atoms with Crippen molar-refractivity contribution in [3.05, 3.63) is 107 Å². The Bertz CT molecular complexity index is 1500. The van der Waals surface area contributed by atoms with Crippen LogP contribution in [0.15, 0.2) is 78.9 Å². The zero-order valence-corrected chi connectivity index (χ0v) is 28.0. The first kappa shape index (κ1) is 36.5. The van der Waals surface area contributed by atoms with Crippen LogP contribution >= 0.6 is 0 Å². The van der Waals surface area contributed by atoms with Gasteiger partial charge in [-0.3, -0.25) is 0 Å². The second-order valence-corrected chi connectivity index (χ2v) is 12.2. The number of esters is 2. The molecule has 3 rings (SSSR count). The fraction of sp³-hybridized carbons (Fsp3) is 0.400. The molecule has 0 heterocycles. The number of aliphatic hydroxyl groups excluding tert-OH is 2. The van der Waals surface area contributed by atoms with E-state index in [1.165, 1.54) is 36.0 Å². The first-order valence-electron chi connectivity index (χ1n) is 16.4. The van der Waals surface area contributed by atoms with E-state index in [0.717, 1.165) is 36.8 Å². The van der Waals surface area contributed by atoms with Crippen LogP contribution in [0, 0.1) is 5.92 Å². The van der Waals surface area contributed by atoms with Crippen molar-refractivity contribution < 1.29 is 29.3 Å². The quantitative estimate of drug-likeness (QED) is 0.0645. The molecule has 6 nitrogen and oxygen atoms in total. The van der Waals surface area contributed by atoms with E-state index in [2.05, 4.69) is 63.4 Å². The molecule has 246 valence electrons. The predicted octanol–water partition coefficient (Wildman–Crippen LogP) is 7.93. The minimum absolute atomic E-state index is 0.177. The molecule has 3 aromatic carbocycles. The molecule has 0 unspecified atom stereocenters. The van der Waals surface area contributed by atoms with E-state index < -0.39 is 11.9 Å². The summed E-state index contributed by atoms with van der Waals surface area (Å²) < 4.78 is 11.6. The molecule has 0 saturated carbocycles. The van der Waals surface area contributed by atoms with Gasteiger partial charge in [-0.2, -0.15) is 0 Å². The molecule has 0 radical (unpaired) electrons. The van der Waals surface area contributed by atoms with E-state index in [1.54, 1.807) is 26.0 Å². The van der Waals surface area contributed by atoms with E-state index in [-0.39, 0.29) is 30.3 Å². The minimum Gasteiger partial charge on any atom is -0.423 e. The van der Waals surface area contributed by atoms with Crippen molar-refractivity contribution in [3.63, 3.8) is 0 Å². The average Bonchev–Trinajstić information content (AvgIpc) is 3.05. The van der Waals surface area contributed by atoms with Crippen LogP contribution in [-0.4, -0.2) is 35.4 Å². The highest BCUT2D eigenvalue weighted by Crippen LogP contribution is 2.40. The first-order valence-corrected chi connectivity index (χ1v) is 16.4. The van der Waals surface area contributed by atoms with Crippen LogP contribution < -0.4 is 9.47 Å². The van der Waals surface area contributed by atoms with Gasteiger partial charge in [0.05, 0.1) is 0 Å². The number of unbranched alkanes of at least 4 members (excludes halogenated alkanes) is 2. The molecule has 3 aromatic rings. The third kappa shape index (κ3) is 10.5. The number of carbonyl (C=O) groups excluding carboxylic acids is 2. The molecule has 0 bridgehead atoms. The van der Waals surface area contributed by atoms with Crippen LogP contribution in [0.5, 0.6) is 11.5 Å². The normalized spacial score (nSPS) is 11.0. The molecule has 0 saturated heterocycles. The summed E-state index contributed by atoms with van der Waals surface area (Å²) >= 11 is 0. The predicted molar refractivity (Wildman–Crippen MR) is 185 cm³/mol. The summed E-state index contributed by atoms with van der Waals surface area (Å²) in [5.41, 5.74) is 7.57. The van der Waals surface area contributed by atoms with Crippen molar-refractivity contribution in [1.82, 2.24) is 0 Å². The zero-order chi connectivity index (χ0) is 33.6. The molecule has 2 N–H and O–H groups in total. The topological polar surface area (TPSA) is 93.1 Å². The van der Waals surface area contributed by atoms with Gasteiger partial charge in [0.25, 0.3) is 0 Å². The van der Waals surface area contributed by atoms with Gasteiger partial charge in [-0.15, -0.1) is 0 Å². The number of aryl methyl sites for hydroxylation is 5. The second kappa shape index (κ2) is 18.2. The average molecular weight is 627 g/mol. The highest BCUT2D eigenvalue weighted by Gasteiger charge is 2.21. The maximum atomic E-state index is 12.7. The van der Waals surface area contributed by atoms with Crippen LogP contribution in [0.2, 0.25) is 0 Å². The number of hydrogen-bond donors (Lipinski definition) is 2. The van der Waals surface area contributed by atoms with Crippen molar-refractivity contribution in [3.8, 4) is 22.6 Å². The standard InChI is InChI=1S/C40H50O6/c1-7-9-10-11-29-12-14-30(15-13-29)16-17-31-19-21-35(33(8-2)22-31)36-24-37(45-39(43)27(3)4)34(20-18-32(25-41)26-42)23-38(36)46-40(44)28(5)6/h12-15,19,21-24,32,41-42H,3,5,7-11,16-18,20,25-26H2,1-2,4,6H3. The fourth-order valence-corrected chi connectivity index (χ4v) is 5.26. The Morgan fingerprint density at radius 3 is 1.80 bits per heavy atom. The molecular formula is C40H50O6. The fourth-order valence-electron chi connectivity index (χ4n) is 5.26. The molecule has 0 aliphatic rings. The molecule has 0 atom stereocenters. The highest BCUT2D eigenvalue weighted by molar-refractivity contribution is 5.92. The zero-order valence-electron chi connectivity index (χ0n) is 28.0. The maximum Gasteiger partial charge on any atom is 0.338 e. The van der Waals surface area contributed by atoms with Crippen LogP contribution in [0.3, 0.4) is 0 Å². The van der Waals surface area contributed by atoms with Gasteiger partial charge in [0.2, 0.25) is 0 Å². The molecule has 0 spiro atoms. The maximum absolute atomic E-state index is 12.7. The van der Waals surface area contributed by atoms with Gasteiger partial charge >= 0.3 is 11.9 Å². The van der Waals surface area contributed by atoms with Crippen LogP contribution in [0.1, 0.15) is 81.2 Å². The smallest absolute Gasteiger partial charge is 0.338 e. The van der Waals surface area contributed by atoms with Gasteiger partial charge in [-0.05, 0) is 104 Å². The summed E-state index contributed by atoms with van der Waals surface area (Å²) in [6.45, 7) is 14.6. The molecule has 0 aliphatic carbocycles. The summed E-state index contributed by atoms with van der Waals surface area (Å²) in [6, 6.07) is 18.7. The van der Waals surface area contributed by atoms with E-state index in [0.29, 0.717) is 35.5 Å². The number of rotatable bonds is 18. The summed E-state index contributed by atoms with van der Waals surface area (Å²) in [7, 11) is 0. The number of benzene rings is 3. The SMILES string of the molecule is C=C(C)C(=O)Oc1cc(-c2ccc(CCc3ccc(CCCCC)cc3)cc2CC)c(OC(=O)C(=C)C)cc1CCC(CO)CO. The highest BCUT2D eigenvalue weighted by atomic mass is 16.5. The first-order chi connectivity index (χ1) is 22.1. The molecule has 0 fully saturated rings. The van der Waals surface area contributed by atoms with E-state index in [9.17, 15) is 19.8 Å². The van der Waals surface area contributed by atoms with E-state index in [1.807, 2.05) is 6.07 Å². The third-order valence-electron chi connectivity index (χ3n) is 8.24. The largest absolute Gasteiger partial charge is 0.423 e. The van der Waals surface area contributed by atoms with Crippen molar-refractivity contribution >= 4 is 11.9 Å². The van der Waals surface area contributed by atoms with Gasteiger partial charge in [0.1, 0.15) is 11.5 Å². The van der Waals surface area contributed by atoms with Gasteiger partial charge in [-0.1, -0.05) is 82.3 Å². The lowest BCUT2D eigenvalue weighted by molar-refractivity contribution is -0.131. The lowest BCUT2D eigenvalue weighted by Crippen LogP contribution is -2.15. The molecule has 46 heavy (non-hydrogen) atoms. The Balaban J connectivity index is 1.98. The summed E-state index contributed by atoms with van der Waals surface area (Å²) in [5.74, 6) is -0.830. The molecule has 0 aromatic heterocycles. The second-order valence-electron chi connectivity index (χ2n) is 12.2. The van der Waals surface area contributed by atoms with Crippen LogP contribution in [0.25, 0.3) is 11.1 Å². The minimum atomic E-state index is -0.570. The lowest BCUT2D eigenvalue weighted by atomic mass is 9.91. The van der Waals surface area contributed by atoms with Gasteiger partial charge in [0, 0.05) is 35.8 Å². The number of carbonyl (C=O) groups is 2. The molecule has 6 heteroatoms. The Morgan fingerprint density at radius 2 is 1.24 bits per heavy atom. The van der Waals surface area contributed by atoms with E-state index >= 15 is 0 Å². The number of ether oxygens (including phenoxy) is 2. The van der Waals surface area contributed by atoms with Crippen molar-refractivity contribution in [2.45, 2.75) is 85.5 Å². The Kier molecular flexibility index (Phi) is 14.4. The third-order valence-corrected chi connectivity index (χ3v) is 8.24. The lowest BCUT2D eigenvalue weighted by Gasteiger charge is -2.20. The monoisotopic (exact) mass is 626 g/mol. The van der Waals surface area contributed by atoms with Crippen LogP contribution in [0.4, 0.5) is 0 Å². The van der Waals surface area contributed by atoms with Crippen molar-refractivity contribution in [1.29, 1.82) is 0 Å². The molecule has 0 aliphatic heterocycles. The Morgan fingerprint density at radius 1 is 0.674 bits per heavy atom. The van der Waals surface area contributed by atoms with Gasteiger partial charge in [-0.25, -0.2) is 9.59 Å². The summed E-state index contributed by atoms with van der Waals surface area (Å²) in [4.78, 5) is 25.4. The Labute approximate surface area is 274 Å². The Hall–Kier alpha value is -4.00. The summed E-state index contributed by atoms with van der Waals surface area (Å²) in [5, 5.41) is 19.2. The van der Waals surface area contributed by atoms with Gasteiger partial charge in [0.15, 0.2) is 0 Å². The van der Waals surface area contributed by atoms with Crippen LogP contribution in [-0.2, 0) is 41.7 Å². The van der Waals surface area contributed by atoms with Crippen molar-refractivity contribution in [2.24, 2.45) is 5.92 Å². The number of hydrogen-bond acceptors (Lipinski definition) is 6. The molecule has 0 amide bonds. The van der Waals surface area contributed by atoms with E-state index in [4.69, 9.17) is 9.47 Å². The number of aliphatic hydroxyl groups is 2.